The van der Waals surface area contributed by atoms with Gasteiger partial charge in [0.2, 0.25) is 5.91 Å². The number of halogens is 4. The molecular weight excluding hydrogens is 575 g/mol. The van der Waals surface area contributed by atoms with Crippen LogP contribution in [0.5, 0.6) is 0 Å². The number of carbonyl (C=O) groups is 2. The fraction of sp³-hybridized carbons (Fsp3) is 0.261. The fourth-order valence-electron chi connectivity index (χ4n) is 4.44. The van der Waals surface area contributed by atoms with Gasteiger partial charge in [-0.25, -0.2) is 15.0 Å². The standard InChI is InChI=1S/C23H19BrF3N7O2S/c1-11-7-12(23(25,26)27)8-13-17-19(28)29-10-30-20(17)34(18(11)13)9-16(35)33-5-6-37-22(33)21(36)32-15-4-2-3-14(24)31-15/h2-4,7-8,10,22H,5-6,9H2,1H3,(H2,28,29,30)(H,31,32,36)/t22-/m0/s1. The first kappa shape index (κ1) is 25.3. The molecule has 1 atom stereocenters. The van der Waals surface area contributed by atoms with E-state index < -0.39 is 23.0 Å². The third kappa shape index (κ3) is 4.70. The largest absolute Gasteiger partial charge is 0.416 e. The number of alkyl halides is 3. The SMILES string of the molecule is Cc1cc(C(F)(F)F)cc2c3c(N)ncnc3n(CC(=O)N3CCS[C@H]3C(=O)Nc3cccc(Br)n3)c12. The second kappa shape index (κ2) is 9.49. The molecule has 37 heavy (non-hydrogen) atoms. The van der Waals surface area contributed by atoms with Gasteiger partial charge in [-0.15, -0.1) is 11.8 Å². The smallest absolute Gasteiger partial charge is 0.383 e. The summed E-state index contributed by atoms with van der Waals surface area (Å²) in [6.07, 6.45) is -3.37. The van der Waals surface area contributed by atoms with Gasteiger partial charge in [0.15, 0.2) is 5.37 Å². The van der Waals surface area contributed by atoms with E-state index >= 15 is 0 Å². The van der Waals surface area contributed by atoms with Gasteiger partial charge in [0, 0.05) is 17.7 Å². The van der Waals surface area contributed by atoms with E-state index in [0.29, 0.717) is 33.8 Å². The minimum atomic E-state index is -4.57. The summed E-state index contributed by atoms with van der Waals surface area (Å²) in [5.41, 5.74) is 6.15. The summed E-state index contributed by atoms with van der Waals surface area (Å²) in [5.74, 6) is 0.107. The zero-order valence-electron chi connectivity index (χ0n) is 19.2. The lowest BCUT2D eigenvalue weighted by Crippen LogP contribution is -2.43. The van der Waals surface area contributed by atoms with Crippen LogP contribution in [0.3, 0.4) is 0 Å². The number of benzene rings is 1. The number of rotatable bonds is 4. The highest BCUT2D eigenvalue weighted by molar-refractivity contribution is 9.10. The highest BCUT2D eigenvalue weighted by Gasteiger charge is 2.36. The minimum Gasteiger partial charge on any atom is -0.383 e. The highest BCUT2D eigenvalue weighted by atomic mass is 79.9. The molecule has 0 bridgehead atoms. The summed E-state index contributed by atoms with van der Waals surface area (Å²) in [6, 6.07) is 7.10. The molecule has 1 aliphatic rings. The van der Waals surface area contributed by atoms with Crippen molar-refractivity contribution in [1.82, 2.24) is 24.4 Å². The van der Waals surface area contributed by atoms with Crippen LogP contribution in [0.1, 0.15) is 11.1 Å². The molecule has 0 radical (unpaired) electrons. The maximum absolute atomic E-state index is 13.5. The van der Waals surface area contributed by atoms with E-state index in [1.807, 2.05) is 0 Å². The van der Waals surface area contributed by atoms with Crippen molar-refractivity contribution in [1.29, 1.82) is 0 Å². The molecule has 1 saturated heterocycles. The van der Waals surface area contributed by atoms with Crippen molar-refractivity contribution in [2.75, 3.05) is 23.3 Å². The van der Waals surface area contributed by atoms with Crippen molar-refractivity contribution in [3.8, 4) is 0 Å². The topological polar surface area (TPSA) is 119 Å². The van der Waals surface area contributed by atoms with E-state index in [1.165, 1.54) is 34.5 Å². The monoisotopic (exact) mass is 593 g/mol. The highest BCUT2D eigenvalue weighted by Crippen LogP contribution is 2.38. The number of thioether (sulfide) groups is 1. The van der Waals surface area contributed by atoms with Gasteiger partial charge in [0.05, 0.1) is 16.5 Å². The number of pyridine rings is 1. The van der Waals surface area contributed by atoms with Crippen LogP contribution >= 0.6 is 27.7 Å². The third-order valence-electron chi connectivity index (χ3n) is 5.97. The number of carbonyl (C=O) groups excluding carboxylic acids is 2. The number of nitrogens with two attached hydrogens (primary N) is 1. The predicted octanol–water partition coefficient (Wildman–Crippen LogP) is 4.19. The van der Waals surface area contributed by atoms with Crippen LogP contribution in [-0.2, 0) is 22.3 Å². The molecule has 0 aliphatic carbocycles. The fourth-order valence-corrected chi connectivity index (χ4v) is 5.92. The lowest BCUT2D eigenvalue weighted by atomic mass is 10.1. The Balaban J connectivity index is 1.50. The molecule has 0 unspecified atom stereocenters. The summed E-state index contributed by atoms with van der Waals surface area (Å²) < 4.78 is 42.7. The average Bonchev–Trinajstić information content (AvgIpc) is 3.43. The van der Waals surface area contributed by atoms with Gasteiger partial charge in [-0.1, -0.05) is 6.07 Å². The molecule has 5 rings (SSSR count). The lowest BCUT2D eigenvalue weighted by molar-refractivity contribution is -0.137. The van der Waals surface area contributed by atoms with Gasteiger partial charge in [-0.2, -0.15) is 13.2 Å². The van der Waals surface area contributed by atoms with Crippen molar-refractivity contribution in [2.45, 2.75) is 25.0 Å². The zero-order valence-corrected chi connectivity index (χ0v) is 21.6. The Morgan fingerprint density at radius 3 is 2.78 bits per heavy atom. The Bertz CT molecular complexity index is 1560. The van der Waals surface area contributed by atoms with Crippen molar-refractivity contribution < 1.29 is 22.8 Å². The normalized spacial score (nSPS) is 16.0. The lowest BCUT2D eigenvalue weighted by Gasteiger charge is -2.23. The average molecular weight is 594 g/mol. The molecule has 9 nitrogen and oxygen atoms in total. The van der Waals surface area contributed by atoms with Crippen LogP contribution in [0.15, 0.2) is 41.3 Å². The second-order valence-corrected chi connectivity index (χ2v) is 10.4. The van der Waals surface area contributed by atoms with Crippen molar-refractivity contribution in [3.05, 3.63) is 52.4 Å². The van der Waals surface area contributed by atoms with E-state index in [-0.39, 0.29) is 34.7 Å². The summed E-state index contributed by atoms with van der Waals surface area (Å²) in [4.78, 5) is 40.3. The van der Waals surface area contributed by atoms with Crippen LogP contribution in [0, 0.1) is 6.92 Å². The first-order valence-corrected chi connectivity index (χ1v) is 12.8. The molecule has 0 spiro atoms. The van der Waals surface area contributed by atoms with E-state index in [2.05, 4.69) is 36.2 Å². The van der Waals surface area contributed by atoms with Crippen molar-refractivity contribution in [3.63, 3.8) is 0 Å². The number of anilines is 2. The summed E-state index contributed by atoms with van der Waals surface area (Å²) in [7, 11) is 0. The van der Waals surface area contributed by atoms with Crippen LogP contribution in [0.2, 0.25) is 0 Å². The van der Waals surface area contributed by atoms with Crippen LogP contribution in [0.4, 0.5) is 24.8 Å². The molecule has 14 heteroatoms. The van der Waals surface area contributed by atoms with Gasteiger partial charge in [-0.05, 0) is 52.7 Å². The Labute approximate surface area is 220 Å². The number of hydrogen-bond acceptors (Lipinski definition) is 7. The van der Waals surface area contributed by atoms with E-state index in [9.17, 15) is 22.8 Å². The van der Waals surface area contributed by atoms with Gasteiger partial charge in [0.1, 0.15) is 34.8 Å². The number of nitrogens with one attached hydrogen (secondary N) is 1. The summed E-state index contributed by atoms with van der Waals surface area (Å²) in [5, 5.41) is 2.38. The maximum Gasteiger partial charge on any atom is 0.416 e. The minimum absolute atomic E-state index is 0.00966. The van der Waals surface area contributed by atoms with Gasteiger partial charge < -0.3 is 20.5 Å². The molecule has 192 valence electrons. The predicted molar refractivity (Wildman–Crippen MR) is 138 cm³/mol. The Hall–Kier alpha value is -3.39. The number of aromatic nitrogens is 4. The molecule has 4 aromatic rings. The van der Waals surface area contributed by atoms with Crippen LogP contribution in [0.25, 0.3) is 21.9 Å². The van der Waals surface area contributed by atoms with E-state index in [1.54, 1.807) is 18.2 Å². The first-order valence-electron chi connectivity index (χ1n) is 11.0. The molecule has 3 N–H and O–H groups in total. The Morgan fingerprint density at radius 2 is 2.05 bits per heavy atom. The zero-order chi connectivity index (χ0) is 26.5. The van der Waals surface area contributed by atoms with Gasteiger partial charge in [-0.3, -0.25) is 9.59 Å². The second-order valence-electron chi connectivity index (χ2n) is 8.38. The molecule has 2 amide bonds. The van der Waals surface area contributed by atoms with E-state index in [0.717, 1.165) is 12.1 Å². The Kier molecular flexibility index (Phi) is 6.48. The van der Waals surface area contributed by atoms with Gasteiger partial charge in [0.25, 0.3) is 5.91 Å². The number of fused-ring (bicyclic) bond motifs is 3. The molecular formula is C23H19BrF3N7O2S. The summed E-state index contributed by atoms with van der Waals surface area (Å²) >= 11 is 4.57. The molecule has 0 saturated carbocycles. The number of hydrogen-bond donors (Lipinski definition) is 2. The van der Waals surface area contributed by atoms with E-state index in [4.69, 9.17) is 5.73 Å². The number of amides is 2. The Morgan fingerprint density at radius 1 is 1.27 bits per heavy atom. The van der Waals surface area contributed by atoms with Crippen molar-refractivity contribution in [2.24, 2.45) is 0 Å². The van der Waals surface area contributed by atoms with Crippen LogP contribution < -0.4 is 11.1 Å². The molecule has 1 fully saturated rings. The molecule has 4 heterocycles. The maximum atomic E-state index is 13.5. The molecule has 1 aliphatic heterocycles. The van der Waals surface area contributed by atoms with Crippen LogP contribution in [-0.4, -0.2) is 53.9 Å². The molecule has 1 aromatic carbocycles. The summed E-state index contributed by atoms with van der Waals surface area (Å²) in [6.45, 7) is 1.62. The first-order chi connectivity index (χ1) is 17.5. The quantitative estimate of drug-likeness (QED) is 0.340. The van der Waals surface area contributed by atoms with Crippen molar-refractivity contribution >= 4 is 73.1 Å². The van der Waals surface area contributed by atoms with Gasteiger partial charge >= 0.3 is 6.18 Å². The molecule has 3 aromatic heterocycles. The number of aryl methyl sites for hydroxylation is 1. The number of nitrogens with zero attached hydrogens (tertiary/aromatic N) is 5. The number of nitrogen functional groups attached to an aromatic ring is 1. The third-order valence-corrected chi connectivity index (χ3v) is 7.62.